The van der Waals surface area contributed by atoms with E-state index in [4.69, 9.17) is 9.90 Å². The molecule has 3 nitrogen and oxygen atoms in total. The summed E-state index contributed by atoms with van der Waals surface area (Å²) in [5.41, 5.74) is -0.456. The molecule has 1 aliphatic heterocycles. The van der Waals surface area contributed by atoms with Gasteiger partial charge in [0.15, 0.2) is 0 Å². The van der Waals surface area contributed by atoms with Gasteiger partial charge in [-0.15, -0.1) is 0 Å². The van der Waals surface area contributed by atoms with E-state index in [-0.39, 0.29) is 6.54 Å². The van der Waals surface area contributed by atoms with E-state index in [1.165, 1.54) is 6.08 Å². The molecule has 0 aromatic heterocycles. The molecule has 0 spiro atoms. The van der Waals surface area contributed by atoms with Crippen molar-refractivity contribution in [2.45, 2.75) is 12.4 Å². The summed E-state index contributed by atoms with van der Waals surface area (Å²) in [6.45, 7) is 0.304. The summed E-state index contributed by atoms with van der Waals surface area (Å²) in [5.74, 6) is -2.76. The molecule has 1 heterocycles. The quantitative estimate of drug-likeness (QED) is 0.509. The predicted molar refractivity (Wildman–Crippen MR) is 40.7 cm³/mol. The molecule has 0 bridgehead atoms. The van der Waals surface area contributed by atoms with Crippen LogP contribution in [0.3, 0.4) is 0 Å². The van der Waals surface area contributed by atoms with E-state index in [0.29, 0.717) is 6.54 Å². The first-order valence-corrected chi connectivity index (χ1v) is 3.82. The Morgan fingerprint density at radius 2 is 1.69 bits per heavy atom. The molecule has 0 unspecified atom stereocenters. The van der Waals surface area contributed by atoms with Gasteiger partial charge in [0.1, 0.15) is 0 Å². The Hall–Kier alpha value is -1.25. The maximum atomic E-state index is 11.7. The van der Waals surface area contributed by atoms with Crippen LogP contribution in [0.25, 0.3) is 0 Å². The SMILES string of the molecule is FC(F)(F)C1=CCNC1.O=C(O)C(F)(F)F. The molecule has 0 radical (unpaired) electrons. The molecule has 0 aromatic rings. The fourth-order valence-corrected chi connectivity index (χ4v) is 0.690. The summed E-state index contributed by atoms with van der Waals surface area (Å²) in [4.78, 5) is 8.90. The van der Waals surface area contributed by atoms with E-state index in [0.717, 1.165) is 0 Å². The minimum Gasteiger partial charge on any atom is -0.475 e. The average molecular weight is 251 g/mol. The van der Waals surface area contributed by atoms with Crippen LogP contribution >= 0.6 is 0 Å². The Kier molecular flexibility index (Phi) is 4.79. The van der Waals surface area contributed by atoms with Crippen LogP contribution < -0.4 is 5.32 Å². The van der Waals surface area contributed by atoms with Crippen molar-refractivity contribution in [2.24, 2.45) is 0 Å². The van der Waals surface area contributed by atoms with E-state index in [2.05, 4.69) is 5.32 Å². The van der Waals surface area contributed by atoms with Gasteiger partial charge in [0, 0.05) is 18.7 Å². The highest BCUT2D eigenvalue weighted by atomic mass is 19.4. The number of halogens is 6. The largest absolute Gasteiger partial charge is 0.490 e. The van der Waals surface area contributed by atoms with Gasteiger partial charge in [-0.25, -0.2) is 4.79 Å². The number of carboxylic acids is 1. The highest BCUT2D eigenvalue weighted by molar-refractivity contribution is 5.73. The second-order valence-corrected chi connectivity index (χ2v) is 2.66. The summed E-state index contributed by atoms with van der Waals surface area (Å²) in [5, 5.41) is 9.69. The van der Waals surface area contributed by atoms with E-state index in [1.807, 2.05) is 0 Å². The van der Waals surface area contributed by atoms with Crippen LogP contribution in [0.5, 0.6) is 0 Å². The van der Waals surface area contributed by atoms with Gasteiger partial charge in [-0.05, 0) is 0 Å². The topological polar surface area (TPSA) is 49.3 Å². The van der Waals surface area contributed by atoms with Crippen LogP contribution in [-0.4, -0.2) is 36.5 Å². The van der Waals surface area contributed by atoms with Crippen molar-refractivity contribution < 1.29 is 36.2 Å². The van der Waals surface area contributed by atoms with Crippen molar-refractivity contribution in [3.8, 4) is 0 Å². The third kappa shape index (κ3) is 5.59. The van der Waals surface area contributed by atoms with E-state index in [9.17, 15) is 26.3 Å². The molecule has 0 saturated heterocycles. The van der Waals surface area contributed by atoms with Crippen LogP contribution in [0.4, 0.5) is 26.3 Å². The number of alkyl halides is 6. The lowest BCUT2D eigenvalue weighted by Crippen LogP contribution is -2.21. The summed E-state index contributed by atoms with van der Waals surface area (Å²) >= 11 is 0. The maximum absolute atomic E-state index is 11.7. The van der Waals surface area contributed by atoms with Gasteiger partial charge in [-0.3, -0.25) is 0 Å². The van der Waals surface area contributed by atoms with Gasteiger partial charge in [-0.1, -0.05) is 6.08 Å². The third-order valence-corrected chi connectivity index (χ3v) is 1.41. The molecule has 0 saturated carbocycles. The van der Waals surface area contributed by atoms with Crippen molar-refractivity contribution in [2.75, 3.05) is 13.1 Å². The van der Waals surface area contributed by atoms with Crippen molar-refractivity contribution in [3.05, 3.63) is 11.6 Å². The van der Waals surface area contributed by atoms with Crippen LogP contribution in [0.2, 0.25) is 0 Å². The molecule has 1 rings (SSSR count). The van der Waals surface area contributed by atoms with Crippen LogP contribution in [0.15, 0.2) is 11.6 Å². The smallest absolute Gasteiger partial charge is 0.475 e. The Bertz CT molecular complexity index is 280. The third-order valence-electron chi connectivity index (χ3n) is 1.41. The van der Waals surface area contributed by atoms with E-state index < -0.39 is 23.9 Å². The maximum Gasteiger partial charge on any atom is 0.490 e. The first kappa shape index (κ1) is 14.8. The second kappa shape index (κ2) is 5.19. The molecule has 0 aromatic carbocycles. The number of aliphatic carboxylic acids is 1. The van der Waals surface area contributed by atoms with Crippen LogP contribution in [0.1, 0.15) is 0 Å². The van der Waals surface area contributed by atoms with Crippen molar-refractivity contribution in [1.82, 2.24) is 5.32 Å². The minimum absolute atomic E-state index is 0.0382. The number of carbonyl (C=O) groups is 1. The van der Waals surface area contributed by atoms with E-state index >= 15 is 0 Å². The fraction of sp³-hybridized carbons (Fsp3) is 0.571. The molecule has 0 amide bonds. The molecule has 0 aliphatic carbocycles. The van der Waals surface area contributed by atoms with Gasteiger partial charge in [-0.2, -0.15) is 26.3 Å². The summed E-state index contributed by atoms with van der Waals surface area (Å²) in [7, 11) is 0. The lowest BCUT2D eigenvalue weighted by molar-refractivity contribution is -0.192. The number of nitrogens with one attached hydrogen (secondary N) is 1. The zero-order valence-corrected chi connectivity index (χ0v) is 7.61. The van der Waals surface area contributed by atoms with Crippen molar-refractivity contribution in [1.29, 1.82) is 0 Å². The number of carboxylic acid groups (broad SMARTS) is 1. The highest BCUT2D eigenvalue weighted by Gasteiger charge is 2.38. The van der Waals surface area contributed by atoms with Crippen molar-refractivity contribution in [3.63, 3.8) is 0 Å². The van der Waals surface area contributed by atoms with Gasteiger partial charge in [0.05, 0.1) is 0 Å². The van der Waals surface area contributed by atoms with Crippen LogP contribution in [0, 0.1) is 0 Å². The first-order valence-electron chi connectivity index (χ1n) is 3.82. The lowest BCUT2D eigenvalue weighted by atomic mass is 10.3. The summed E-state index contributed by atoms with van der Waals surface area (Å²) < 4.78 is 66.7. The highest BCUT2D eigenvalue weighted by Crippen LogP contribution is 2.25. The fourth-order valence-electron chi connectivity index (χ4n) is 0.690. The molecule has 9 heteroatoms. The summed E-state index contributed by atoms with van der Waals surface area (Å²) in [6.07, 6.45) is -8.04. The average Bonchev–Trinajstić information content (AvgIpc) is 2.52. The molecule has 0 atom stereocenters. The standard InChI is InChI=1S/C5H6F3N.C2HF3O2/c6-5(7,8)4-1-2-9-3-4;3-2(4,5)1(6)7/h1,9H,2-3H2;(H,6,7). The molecule has 1 aliphatic rings. The zero-order valence-electron chi connectivity index (χ0n) is 7.61. The molecular formula is C7H7F6NO2. The molecular weight excluding hydrogens is 244 g/mol. The van der Waals surface area contributed by atoms with Crippen LogP contribution in [-0.2, 0) is 4.79 Å². The molecule has 94 valence electrons. The Labute approximate surface area is 85.7 Å². The Morgan fingerprint density at radius 1 is 1.25 bits per heavy atom. The Balaban J connectivity index is 0.000000293. The zero-order chi connectivity index (χ0) is 13.0. The van der Waals surface area contributed by atoms with Gasteiger partial charge < -0.3 is 10.4 Å². The van der Waals surface area contributed by atoms with E-state index in [1.54, 1.807) is 0 Å². The molecule has 16 heavy (non-hydrogen) atoms. The van der Waals surface area contributed by atoms with Gasteiger partial charge >= 0.3 is 18.3 Å². The number of hydrogen-bond acceptors (Lipinski definition) is 2. The minimum atomic E-state index is -5.08. The first-order chi connectivity index (χ1) is 7.05. The van der Waals surface area contributed by atoms with Gasteiger partial charge in [0.2, 0.25) is 0 Å². The number of rotatable bonds is 0. The van der Waals surface area contributed by atoms with Crippen molar-refractivity contribution >= 4 is 5.97 Å². The Morgan fingerprint density at radius 3 is 1.81 bits per heavy atom. The normalized spacial score (nSPS) is 16.2. The summed E-state index contributed by atoms with van der Waals surface area (Å²) in [6, 6.07) is 0. The number of hydrogen-bond donors (Lipinski definition) is 2. The predicted octanol–water partition coefficient (Wildman–Crippen LogP) is 1.71. The van der Waals surface area contributed by atoms with Gasteiger partial charge in [0.25, 0.3) is 0 Å². The monoisotopic (exact) mass is 251 g/mol. The lowest BCUT2D eigenvalue weighted by Gasteiger charge is -2.04. The molecule has 2 N–H and O–H groups in total. The second-order valence-electron chi connectivity index (χ2n) is 2.66. The molecule has 0 fully saturated rings.